The van der Waals surface area contributed by atoms with Crippen molar-refractivity contribution < 1.29 is 9.72 Å². The van der Waals surface area contributed by atoms with E-state index in [0.29, 0.717) is 0 Å². The van der Waals surface area contributed by atoms with Gasteiger partial charge in [0.25, 0.3) is 11.6 Å². The van der Waals surface area contributed by atoms with Gasteiger partial charge in [-0.3, -0.25) is 14.9 Å². The number of rotatable bonds is 4. The van der Waals surface area contributed by atoms with Crippen LogP contribution in [0.15, 0.2) is 17.6 Å². The molecule has 0 unspecified atom stereocenters. The third-order valence-corrected chi connectivity index (χ3v) is 3.72. The largest absolute Gasteiger partial charge is 0.336 e. The number of halogens is 1. The molecular weight excluding hydrogens is 316 g/mol. The second kappa shape index (κ2) is 6.15. The second-order valence-electron chi connectivity index (χ2n) is 4.30. The maximum absolute atomic E-state index is 12.3. The van der Waals surface area contributed by atoms with E-state index in [1.165, 1.54) is 22.3 Å². The van der Waals surface area contributed by atoms with Gasteiger partial charge < -0.3 is 4.90 Å². The van der Waals surface area contributed by atoms with Gasteiger partial charge in [0, 0.05) is 12.4 Å². The van der Waals surface area contributed by atoms with E-state index in [1.54, 1.807) is 7.05 Å². The molecule has 0 bridgehead atoms. The van der Waals surface area contributed by atoms with Crippen LogP contribution in [0.3, 0.4) is 0 Å². The van der Waals surface area contributed by atoms with Crippen molar-refractivity contribution >= 4 is 34.5 Å². The molecule has 0 aliphatic carbocycles. The number of hydrogen-bond acceptors (Lipinski definition) is 6. The minimum Gasteiger partial charge on any atom is -0.336 e. The standard InChI is InChI=1S/C12H11ClN4O3S/c1-7-15-8(6-21-7)5-16(2)12(18)9-3-11(13)14-4-10(9)17(19)20/h3-4,6H,5H2,1-2H3. The van der Waals surface area contributed by atoms with Crippen molar-refractivity contribution in [1.82, 2.24) is 14.9 Å². The zero-order chi connectivity index (χ0) is 15.6. The van der Waals surface area contributed by atoms with Crippen LogP contribution in [-0.2, 0) is 6.54 Å². The summed E-state index contributed by atoms with van der Waals surface area (Å²) in [5, 5.41) is 13.7. The van der Waals surface area contributed by atoms with Crippen LogP contribution < -0.4 is 0 Å². The number of amides is 1. The molecule has 2 rings (SSSR count). The summed E-state index contributed by atoms with van der Waals surface area (Å²) in [6, 6.07) is 1.20. The molecule has 0 aromatic carbocycles. The molecule has 7 nitrogen and oxygen atoms in total. The molecule has 2 aromatic heterocycles. The molecule has 0 atom stereocenters. The van der Waals surface area contributed by atoms with Gasteiger partial charge in [-0.05, 0) is 13.0 Å². The molecule has 0 aliphatic heterocycles. The second-order valence-corrected chi connectivity index (χ2v) is 5.75. The molecule has 0 aliphatic rings. The van der Waals surface area contributed by atoms with Gasteiger partial charge in [0.1, 0.15) is 16.9 Å². The number of nitro groups is 1. The van der Waals surface area contributed by atoms with Gasteiger partial charge >= 0.3 is 0 Å². The lowest BCUT2D eigenvalue weighted by Gasteiger charge is -2.15. The first-order valence-corrected chi connectivity index (χ1v) is 7.10. The number of pyridine rings is 1. The first kappa shape index (κ1) is 15.3. The number of thiazole rings is 1. The Morgan fingerprint density at radius 3 is 2.86 bits per heavy atom. The number of carbonyl (C=O) groups excluding carboxylic acids is 1. The Morgan fingerprint density at radius 2 is 2.29 bits per heavy atom. The summed E-state index contributed by atoms with van der Waals surface area (Å²) in [5.74, 6) is -0.503. The van der Waals surface area contributed by atoms with Gasteiger partial charge in [-0.15, -0.1) is 11.3 Å². The van der Waals surface area contributed by atoms with E-state index in [9.17, 15) is 14.9 Å². The smallest absolute Gasteiger partial charge is 0.300 e. The SMILES string of the molecule is Cc1nc(CN(C)C(=O)c2cc(Cl)ncc2[N+](=O)[O-])cs1. The molecule has 0 radical (unpaired) electrons. The average Bonchev–Trinajstić information content (AvgIpc) is 2.82. The molecule has 2 heterocycles. The molecule has 0 spiro atoms. The molecule has 1 amide bonds. The van der Waals surface area contributed by atoms with Gasteiger partial charge in [-0.25, -0.2) is 9.97 Å². The van der Waals surface area contributed by atoms with Gasteiger partial charge in [-0.2, -0.15) is 0 Å². The minimum atomic E-state index is -0.655. The number of nitrogens with zero attached hydrogens (tertiary/aromatic N) is 4. The first-order chi connectivity index (χ1) is 9.88. The van der Waals surface area contributed by atoms with Crippen LogP contribution in [0.25, 0.3) is 0 Å². The van der Waals surface area contributed by atoms with Crippen molar-refractivity contribution in [2.45, 2.75) is 13.5 Å². The highest BCUT2D eigenvalue weighted by atomic mass is 35.5. The molecule has 0 saturated carbocycles. The molecular formula is C12H11ClN4O3S. The van der Waals surface area contributed by atoms with Crippen LogP contribution >= 0.6 is 22.9 Å². The zero-order valence-corrected chi connectivity index (χ0v) is 12.8. The normalized spacial score (nSPS) is 10.4. The highest BCUT2D eigenvalue weighted by Crippen LogP contribution is 2.22. The predicted octanol–water partition coefficient (Wildman–Crippen LogP) is 2.68. The molecule has 0 fully saturated rings. The Bertz CT molecular complexity index is 704. The van der Waals surface area contributed by atoms with E-state index >= 15 is 0 Å². The third kappa shape index (κ3) is 3.53. The fraction of sp³-hybridized carbons (Fsp3) is 0.250. The summed E-state index contributed by atoms with van der Waals surface area (Å²) in [5.41, 5.74) is 0.274. The van der Waals surface area contributed by atoms with Crippen molar-refractivity contribution in [3.63, 3.8) is 0 Å². The zero-order valence-electron chi connectivity index (χ0n) is 11.2. The number of hydrogen-bond donors (Lipinski definition) is 0. The van der Waals surface area contributed by atoms with Crippen LogP contribution in [0.2, 0.25) is 5.15 Å². The third-order valence-electron chi connectivity index (χ3n) is 2.69. The lowest BCUT2D eigenvalue weighted by Crippen LogP contribution is -2.27. The summed E-state index contributed by atoms with van der Waals surface area (Å²) in [7, 11) is 1.55. The maximum Gasteiger partial charge on any atom is 0.300 e. The van der Waals surface area contributed by atoms with Crippen LogP contribution in [0.5, 0.6) is 0 Å². The van der Waals surface area contributed by atoms with E-state index in [2.05, 4.69) is 9.97 Å². The molecule has 2 aromatic rings. The summed E-state index contributed by atoms with van der Waals surface area (Å²) in [4.78, 5) is 31.9. The topological polar surface area (TPSA) is 89.2 Å². The Morgan fingerprint density at radius 1 is 1.57 bits per heavy atom. The van der Waals surface area contributed by atoms with Crippen molar-refractivity contribution in [1.29, 1.82) is 0 Å². The lowest BCUT2D eigenvalue weighted by molar-refractivity contribution is -0.385. The summed E-state index contributed by atoms with van der Waals surface area (Å²) < 4.78 is 0. The van der Waals surface area contributed by atoms with Gasteiger partial charge in [-0.1, -0.05) is 11.6 Å². The number of aromatic nitrogens is 2. The lowest BCUT2D eigenvalue weighted by atomic mass is 10.2. The summed E-state index contributed by atoms with van der Waals surface area (Å²) >= 11 is 7.19. The van der Waals surface area contributed by atoms with Crippen molar-refractivity contribution in [2.75, 3.05) is 7.05 Å². The summed E-state index contributed by atoms with van der Waals surface area (Å²) in [6.07, 6.45) is 0.983. The van der Waals surface area contributed by atoms with E-state index in [-0.39, 0.29) is 22.9 Å². The molecule has 0 N–H and O–H groups in total. The van der Waals surface area contributed by atoms with E-state index in [4.69, 9.17) is 11.6 Å². The number of carbonyl (C=O) groups is 1. The molecule has 9 heteroatoms. The van der Waals surface area contributed by atoms with Gasteiger partial charge in [0.15, 0.2) is 0 Å². The van der Waals surface area contributed by atoms with Crippen LogP contribution in [0.4, 0.5) is 5.69 Å². The van der Waals surface area contributed by atoms with Crippen LogP contribution in [0.1, 0.15) is 21.1 Å². The van der Waals surface area contributed by atoms with Crippen molar-refractivity contribution in [2.24, 2.45) is 0 Å². The van der Waals surface area contributed by atoms with E-state index < -0.39 is 10.8 Å². The van der Waals surface area contributed by atoms with Crippen molar-refractivity contribution in [3.8, 4) is 0 Å². The van der Waals surface area contributed by atoms with Gasteiger partial charge in [0.05, 0.1) is 22.2 Å². The Hall–Kier alpha value is -2.06. The minimum absolute atomic E-state index is 0.0295. The fourth-order valence-corrected chi connectivity index (χ4v) is 2.50. The highest BCUT2D eigenvalue weighted by molar-refractivity contribution is 7.09. The average molecular weight is 327 g/mol. The Balaban J connectivity index is 2.26. The van der Waals surface area contributed by atoms with E-state index in [0.717, 1.165) is 16.9 Å². The highest BCUT2D eigenvalue weighted by Gasteiger charge is 2.24. The monoisotopic (exact) mass is 326 g/mol. The molecule has 110 valence electrons. The van der Waals surface area contributed by atoms with E-state index in [1.807, 2.05) is 12.3 Å². The Kier molecular flexibility index (Phi) is 4.49. The predicted molar refractivity (Wildman–Crippen MR) is 78.5 cm³/mol. The fourth-order valence-electron chi connectivity index (χ4n) is 1.74. The van der Waals surface area contributed by atoms with Gasteiger partial charge in [0.2, 0.25) is 0 Å². The quantitative estimate of drug-likeness (QED) is 0.489. The molecule has 21 heavy (non-hydrogen) atoms. The van der Waals surface area contributed by atoms with Crippen LogP contribution in [0, 0.1) is 17.0 Å². The maximum atomic E-state index is 12.3. The van der Waals surface area contributed by atoms with Crippen LogP contribution in [-0.4, -0.2) is 32.7 Å². The number of aryl methyl sites for hydroxylation is 1. The van der Waals surface area contributed by atoms with Crippen molar-refractivity contribution in [3.05, 3.63) is 49.2 Å². The summed E-state index contributed by atoms with van der Waals surface area (Å²) in [6.45, 7) is 2.13. The first-order valence-electron chi connectivity index (χ1n) is 5.85. The molecule has 0 saturated heterocycles. The Labute approximate surface area is 129 Å².